The highest BCUT2D eigenvalue weighted by Gasteiger charge is 2.24. The Kier molecular flexibility index (Phi) is 15.9. The summed E-state index contributed by atoms with van der Waals surface area (Å²) in [6.07, 6.45) is 0. The summed E-state index contributed by atoms with van der Waals surface area (Å²) in [6, 6.07) is 40.0. The summed E-state index contributed by atoms with van der Waals surface area (Å²) < 4.78 is 69.9. The number of nitrogens with zero attached hydrogens (tertiary/aromatic N) is 2. The third-order valence-corrected chi connectivity index (χ3v) is 14.2. The first-order chi connectivity index (χ1) is 33.0. The fourth-order valence-electron chi connectivity index (χ4n) is 7.01. The van der Waals surface area contributed by atoms with Gasteiger partial charge >= 0.3 is 0 Å². The van der Waals surface area contributed by atoms with Gasteiger partial charge in [-0.25, -0.2) is 16.8 Å². The lowest BCUT2D eigenvalue weighted by Crippen LogP contribution is -2.32. The Morgan fingerprint density at radius 2 is 0.868 bits per heavy atom. The number of sulfonamides is 2. The molecule has 0 atom stereocenters. The van der Waals surface area contributed by atoms with Crippen LogP contribution in [0.4, 0.5) is 0 Å². The van der Waals surface area contributed by atoms with Gasteiger partial charge in [0.2, 0.25) is 20.0 Å². The van der Waals surface area contributed by atoms with Gasteiger partial charge in [0.05, 0.1) is 36.0 Å². The van der Waals surface area contributed by atoms with Gasteiger partial charge in [-0.3, -0.25) is 0 Å². The Morgan fingerprint density at radius 1 is 0.485 bits per heavy atom. The number of hydrogen-bond acceptors (Lipinski definition) is 6. The van der Waals surface area contributed by atoms with Gasteiger partial charge in [0.25, 0.3) is 0 Å². The molecule has 0 fully saturated rings. The normalized spacial score (nSPS) is 11.6. The van der Waals surface area contributed by atoms with Gasteiger partial charge in [-0.1, -0.05) is 131 Å². The summed E-state index contributed by atoms with van der Waals surface area (Å²) in [5.74, 6) is 38.0. The predicted octanol–water partition coefficient (Wildman–Crippen LogP) is 8.94. The van der Waals surface area contributed by atoms with Crippen LogP contribution < -0.4 is 9.47 Å². The van der Waals surface area contributed by atoms with Crippen molar-refractivity contribution in [3.8, 4) is 105 Å². The zero-order chi connectivity index (χ0) is 47.9. The molecule has 0 amide bonds. The highest BCUT2D eigenvalue weighted by atomic mass is 32.2. The van der Waals surface area contributed by atoms with E-state index in [1.807, 2.05) is 98.8 Å². The molecule has 0 unspecified atom stereocenters. The third-order valence-electron chi connectivity index (χ3n) is 10.6. The minimum absolute atomic E-state index is 0.0202. The average Bonchev–Trinajstić information content (AvgIpc) is 3.34. The van der Waals surface area contributed by atoms with Crippen molar-refractivity contribution < 1.29 is 26.3 Å². The first-order valence-corrected chi connectivity index (χ1v) is 24.5. The van der Waals surface area contributed by atoms with Crippen LogP contribution in [0.15, 0.2) is 143 Å². The van der Waals surface area contributed by atoms with Crippen LogP contribution in [0, 0.1) is 84.9 Å². The van der Waals surface area contributed by atoms with E-state index in [1.54, 1.807) is 62.4 Å². The Hall–Kier alpha value is -7.90. The Labute approximate surface area is 401 Å². The lowest BCUT2D eigenvalue weighted by atomic mass is 9.95. The quantitative estimate of drug-likeness (QED) is 0.142. The Morgan fingerprint density at radius 3 is 1.26 bits per heavy atom. The molecule has 0 N–H and O–H groups in total. The number of benzene rings is 6. The zero-order valence-electron chi connectivity index (χ0n) is 38.1. The molecule has 10 rings (SSSR count). The minimum atomic E-state index is -3.89. The van der Waals surface area contributed by atoms with E-state index in [0.717, 1.165) is 44.5 Å². The van der Waals surface area contributed by atoms with E-state index in [1.165, 1.54) is 8.61 Å². The van der Waals surface area contributed by atoms with E-state index < -0.39 is 20.0 Å². The first-order valence-electron chi connectivity index (χ1n) is 21.6. The van der Waals surface area contributed by atoms with Crippen molar-refractivity contribution in [2.75, 3.05) is 39.4 Å². The van der Waals surface area contributed by atoms with Crippen LogP contribution in [0.25, 0.3) is 22.3 Å². The Balaban J connectivity index is 1.24. The molecule has 6 aromatic carbocycles. The van der Waals surface area contributed by atoms with Gasteiger partial charge < -0.3 is 9.47 Å². The standard InChI is InChI=1S/C58H46N2O6S2/c1-5-7-37-59(67(61,62)53-31-25-45(3)26-32-53)39-13-19-49-43-51-29-35-57(49)55-23-11-9-17-47(55)21-15-42-66-52-30-36-58(56-24-12-10-18-48(56)22-16-41-65-51)50(44-52)20-14-40-60(38-8-6-2)68(63,64)54-33-27-46(4)28-34-54/h9-12,17-18,23-36,43-44H,37-42H2,1-4H3. The average molecular weight is 931 g/mol. The topological polar surface area (TPSA) is 93.2 Å². The summed E-state index contributed by atoms with van der Waals surface area (Å²) in [4.78, 5) is 0.335. The largest absolute Gasteiger partial charge is 0.481 e. The van der Waals surface area contributed by atoms with Crippen molar-refractivity contribution in [1.82, 2.24) is 8.61 Å². The summed E-state index contributed by atoms with van der Waals surface area (Å²) in [5.41, 5.74) is 7.75. The van der Waals surface area contributed by atoms with Crippen LogP contribution in [0.1, 0.15) is 47.2 Å². The van der Waals surface area contributed by atoms with Crippen molar-refractivity contribution >= 4 is 20.0 Å². The van der Waals surface area contributed by atoms with Gasteiger partial charge in [-0.2, -0.15) is 8.61 Å². The van der Waals surface area contributed by atoms with Crippen LogP contribution in [0.2, 0.25) is 0 Å². The fraction of sp³-hybridized carbons (Fsp3) is 0.172. The summed E-state index contributed by atoms with van der Waals surface area (Å²) in [7, 11) is -7.78. The number of aryl methyl sites for hydroxylation is 2. The predicted molar refractivity (Wildman–Crippen MR) is 269 cm³/mol. The van der Waals surface area contributed by atoms with Gasteiger partial charge in [0.1, 0.15) is 24.7 Å². The molecule has 10 heteroatoms. The highest BCUT2D eigenvalue weighted by Crippen LogP contribution is 2.32. The molecule has 4 bridgehead atoms. The molecular formula is C58H46N2O6S2. The van der Waals surface area contributed by atoms with Crippen molar-refractivity contribution in [3.63, 3.8) is 0 Å². The molecule has 4 aliphatic rings. The van der Waals surface area contributed by atoms with Gasteiger partial charge in [0, 0.05) is 22.3 Å². The maximum atomic E-state index is 13.7. The molecule has 0 aromatic heterocycles. The zero-order valence-corrected chi connectivity index (χ0v) is 39.7. The smallest absolute Gasteiger partial charge is 0.244 e. The molecule has 4 aliphatic heterocycles. The summed E-state index contributed by atoms with van der Waals surface area (Å²) in [6.45, 7) is 6.99. The molecule has 6 aromatic rings. The lowest BCUT2D eigenvalue weighted by Gasteiger charge is -2.17. The molecule has 68 heavy (non-hydrogen) atoms. The van der Waals surface area contributed by atoms with Crippen LogP contribution in [0.3, 0.4) is 0 Å². The molecule has 0 radical (unpaired) electrons. The van der Waals surface area contributed by atoms with Gasteiger partial charge in [0.15, 0.2) is 0 Å². The van der Waals surface area contributed by atoms with Crippen LogP contribution in [-0.4, -0.2) is 64.8 Å². The number of rotatable bonds is 8. The summed E-state index contributed by atoms with van der Waals surface area (Å²) in [5, 5.41) is 0. The second kappa shape index (κ2) is 22.5. The maximum absolute atomic E-state index is 13.7. The monoisotopic (exact) mass is 930 g/mol. The molecule has 0 saturated carbocycles. The lowest BCUT2D eigenvalue weighted by molar-refractivity contribution is 0.370. The van der Waals surface area contributed by atoms with Crippen molar-refractivity contribution in [3.05, 3.63) is 167 Å². The molecule has 4 heterocycles. The first kappa shape index (κ1) is 48.0. The minimum Gasteiger partial charge on any atom is -0.481 e. The maximum Gasteiger partial charge on any atom is 0.244 e. The SMILES string of the molecule is CC#CCN(CC#Cc1cc2ccc1-c1ccccc1C#CCOc1ccc(c(C#CCN(CC#CC)S(=O)(=O)c3ccc(C)cc3)c1)-c1ccccc1C#CCO2)S(=O)(=O)c1ccc(C)cc1. The fourth-order valence-corrected chi connectivity index (χ4v) is 9.50. The van der Waals surface area contributed by atoms with E-state index in [4.69, 9.17) is 9.47 Å². The number of ether oxygens (including phenoxy) is 2. The molecule has 0 aliphatic carbocycles. The second-order valence-corrected chi connectivity index (χ2v) is 19.2. The summed E-state index contributed by atoms with van der Waals surface area (Å²) >= 11 is 0. The highest BCUT2D eigenvalue weighted by molar-refractivity contribution is 7.89. The van der Waals surface area contributed by atoms with Gasteiger partial charge in [-0.15, -0.1) is 11.8 Å². The second-order valence-electron chi connectivity index (χ2n) is 15.3. The number of hydrogen-bond donors (Lipinski definition) is 0. The van der Waals surface area contributed by atoms with E-state index in [0.29, 0.717) is 22.6 Å². The molecular weight excluding hydrogens is 885 g/mol. The van der Waals surface area contributed by atoms with Gasteiger partial charge in [-0.05, 0) is 123 Å². The molecule has 0 saturated heterocycles. The van der Waals surface area contributed by atoms with E-state index in [-0.39, 0.29) is 49.2 Å². The van der Waals surface area contributed by atoms with Crippen molar-refractivity contribution in [2.24, 2.45) is 0 Å². The van der Waals surface area contributed by atoms with Crippen molar-refractivity contribution in [1.29, 1.82) is 0 Å². The van der Waals surface area contributed by atoms with Crippen LogP contribution >= 0.6 is 0 Å². The molecule has 0 spiro atoms. The van der Waals surface area contributed by atoms with E-state index in [2.05, 4.69) is 71.0 Å². The molecule has 336 valence electrons. The molecule has 8 nitrogen and oxygen atoms in total. The van der Waals surface area contributed by atoms with Crippen molar-refractivity contribution in [2.45, 2.75) is 37.5 Å². The Bertz CT molecular complexity index is 3240. The third kappa shape index (κ3) is 11.9. The van der Waals surface area contributed by atoms with Crippen LogP contribution in [0.5, 0.6) is 11.5 Å². The van der Waals surface area contributed by atoms with Crippen LogP contribution in [-0.2, 0) is 20.0 Å². The van der Waals surface area contributed by atoms with E-state index >= 15 is 0 Å². The van der Waals surface area contributed by atoms with E-state index in [9.17, 15) is 16.8 Å².